The van der Waals surface area contributed by atoms with Crippen LogP contribution in [-0.2, 0) is 11.3 Å². The number of benzene rings is 2. The number of anilines is 1. The summed E-state index contributed by atoms with van der Waals surface area (Å²) in [6.45, 7) is 5.44. The smallest absolute Gasteiger partial charge is 0.407 e. The van der Waals surface area contributed by atoms with Crippen LogP contribution in [0.2, 0.25) is 0 Å². The van der Waals surface area contributed by atoms with Gasteiger partial charge in [0.1, 0.15) is 6.61 Å². The molecule has 34 heavy (non-hydrogen) atoms. The molecular weight excluding hydrogens is 434 g/mol. The van der Waals surface area contributed by atoms with E-state index in [1.54, 1.807) is 14.2 Å². The van der Waals surface area contributed by atoms with Crippen LogP contribution in [-0.4, -0.2) is 43.0 Å². The van der Waals surface area contributed by atoms with Gasteiger partial charge in [0.25, 0.3) is 0 Å². The van der Waals surface area contributed by atoms with E-state index >= 15 is 0 Å². The monoisotopic (exact) mass is 467 g/mol. The Morgan fingerprint density at radius 1 is 1.06 bits per heavy atom. The van der Waals surface area contributed by atoms with Crippen LogP contribution >= 0.6 is 0 Å². The first-order valence-electron chi connectivity index (χ1n) is 11.4. The van der Waals surface area contributed by atoms with Crippen LogP contribution in [0.25, 0.3) is 11.0 Å². The number of aromatic nitrogens is 2. The molecule has 3 N–H and O–H groups in total. The second kappa shape index (κ2) is 11.9. The van der Waals surface area contributed by atoms with Gasteiger partial charge >= 0.3 is 6.09 Å². The Morgan fingerprint density at radius 2 is 1.74 bits per heavy atom. The van der Waals surface area contributed by atoms with Crippen molar-refractivity contribution in [1.29, 1.82) is 5.41 Å². The molecule has 0 bridgehead atoms. The Balaban J connectivity index is 1.55. The molecule has 1 aromatic heterocycles. The van der Waals surface area contributed by atoms with E-state index in [1.165, 1.54) is 0 Å². The minimum atomic E-state index is -0.427. The van der Waals surface area contributed by atoms with Crippen LogP contribution < -0.4 is 25.6 Å². The number of carbonyl (C=O) groups is 1. The Bertz CT molecular complexity index is 1160. The SMILES string of the molecule is COc1cc2nc(NCCCCNC(=O)OCc3ccccc3)c(=N)n(C(C)C)c2cc1OC. The van der Waals surface area contributed by atoms with Crippen molar-refractivity contribution in [3.05, 3.63) is 53.5 Å². The van der Waals surface area contributed by atoms with Gasteiger partial charge in [-0.05, 0) is 32.3 Å². The fourth-order valence-corrected chi connectivity index (χ4v) is 3.63. The zero-order valence-electron chi connectivity index (χ0n) is 20.2. The van der Waals surface area contributed by atoms with Gasteiger partial charge in [-0.2, -0.15) is 0 Å². The molecule has 9 heteroatoms. The van der Waals surface area contributed by atoms with Crippen LogP contribution in [0, 0.1) is 5.41 Å². The number of hydrogen-bond acceptors (Lipinski definition) is 7. The van der Waals surface area contributed by atoms with Crippen molar-refractivity contribution in [2.24, 2.45) is 0 Å². The topological polar surface area (TPSA) is 110 Å². The third-order valence-electron chi connectivity index (χ3n) is 5.33. The normalized spacial score (nSPS) is 10.9. The summed E-state index contributed by atoms with van der Waals surface area (Å²) in [6, 6.07) is 13.3. The van der Waals surface area contributed by atoms with Gasteiger partial charge in [0, 0.05) is 31.3 Å². The summed E-state index contributed by atoms with van der Waals surface area (Å²) in [5, 5.41) is 14.7. The molecule has 182 valence electrons. The summed E-state index contributed by atoms with van der Waals surface area (Å²) < 4.78 is 18.0. The van der Waals surface area contributed by atoms with E-state index in [1.807, 2.05) is 60.9 Å². The van der Waals surface area contributed by atoms with Crippen LogP contribution in [0.5, 0.6) is 11.5 Å². The number of ether oxygens (including phenoxy) is 3. The molecule has 1 amide bonds. The number of rotatable bonds is 11. The highest BCUT2D eigenvalue weighted by molar-refractivity contribution is 5.81. The van der Waals surface area contributed by atoms with E-state index in [2.05, 4.69) is 15.6 Å². The average Bonchev–Trinajstić information content (AvgIpc) is 2.84. The lowest BCUT2D eigenvalue weighted by Gasteiger charge is -2.19. The van der Waals surface area contributed by atoms with E-state index in [9.17, 15) is 4.79 Å². The molecule has 0 atom stereocenters. The average molecular weight is 468 g/mol. The number of hydrogen-bond donors (Lipinski definition) is 3. The lowest BCUT2D eigenvalue weighted by Crippen LogP contribution is -2.28. The maximum Gasteiger partial charge on any atom is 0.407 e. The van der Waals surface area contributed by atoms with Gasteiger partial charge in [-0.25, -0.2) is 9.78 Å². The summed E-state index contributed by atoms with van der Waals surface area (Å²) in [6.07, 6.45) is 1.14. The molecule has 0 aliphatic carbocycles. The molecule has 0 spiro atoms. The van der Waals surface area contributed by atoms with E-state index in [4.69, 9.17) is 19.6 Å². The zero-order chi connectivity index (χ0) is 24.5. The Labute approximate surface area is 199 Å². The largest absolute Gasteiger partial charge is 0.493 e. The molecule has 3 rings (SSSR count). The van der Waals surface area contributed by atoms with Gasteiger partial charge < -0.3 is 29.4 Å². The van der Waals surface area contributed by atoms with E-state index in [0.717, 1.165) is 23.9 Å². The molecular formula is C25H33N5O4. The van der Waals surface area contributed by atoms with Gasteiger partial charge in [-0.1, -0.05) is 30.3 Å². The Kier molecular flexibility index (Phi) is 8.73. The van der Waals surface area contributed by atoms with Crippen molar-refractivity contribution in [2.75, 3.05) is 32.6 Å². The van der Waals surface area contributed by atoms with Crippen molar-refractivity contribution < 1.29 is 19.0 Å². The highest BCUT2D eigenvalue weighted by atomic mass is 16.5. The van der Waals surface area contributed by atoms with Crippen molar-refractivity contribution in [1.82, 2.24) is 14.9 Å². The van der Waals surface area contributed by atoms with Crippen LogP contribution in [0.3, 0.4) is 0 Å². The molecule has 0 aliphatic heterocycles. The number of unbranched alkanes of at least 4 members (excludes halogenated alkanes) is 1. The molecule has 9 nitrogen and oxygen atoms in total. The number of amides is 1. The lowest BCUT2D eigenvalue weighted by molar-refractivity contribution is 0.139. The fourth-order valence-electron chi connectivity index (χ4n) is 3.63. The molecule has 0 saturated heterocycles. The molecule has 1 heterocycles. The summed E-state index contributed by atoms with van der Waals surface area (Å²) in [5.41, 5.74) is 2.78. The molecule has 0 fully saturated rings. The van der Waals surface area contributed by atoms with Crippen LogP contribution in [0.15, 0.2) is 42.5 Å². The number of fused-ring (bicyclic) bond motifs is 1. The number of methoxy groups -OCH3 is 2. The first-order valence-corrected chi connectivity index (χ1v) is 11.4. The second-order valence-corrected chi connectivity index (χ2v) is 8.09. The predicted molar refractivity (Wildman–Crippen MR) is 131 cm³/mol. The molecule has 0 radical (unpaired) electrons. The summed E-state index contributed by atoms with van der Waals surface area (Å²) in [4.78, 5) is 16.5. The molecule has 0 aliphatic rings. The highest BCUT2D eigenvalue weighted by Crippen LogP contribution is 2.32. The molecule has 0 saturated carbocycles. The van der Waals surface area contributed by atoms with E-state index in [0.29, 0.717) is 41.4 Å². The second-order valence-electron chi connectivity index (χ2n) is 8.09. The molecule has 3 aromatic rings. The van der Waals surface area contributed by atoms with Crippen molar-refractivity contribution >= 4 is 22.9 Å². The quantitative estimate of drug-likeness (QED) is 0.364. The van der Waals surface area contributed by atoms with Gasteiger partial charge in [0.2, 0.25) is 0 Å². The van der Waals surface area contributed by atoms with Gasteiger partial charge in [0.15, 0.2) is 22.8 Å². The highest BCUT2D eigenvalue weighted by Gasteiger charge is 2.15. The zero-order valence-corrected chi connectivity index (χ0v) is 20.2. The van der Waals surface area contributed by atoms with Gasteiger partial charge in [0.05, 0.1) is 25.3 Å². The standard InChI is InChI=1S/C25H33N5O4/c1-17(2)30-20-15-22(33-4)21(32-3)14-19(20)29-24(23(30)26)27-12-8-9-13-28-25(31)34-16-18-10-6-5-7-11-18/h5-7,10-11,14-15,17,26H,8-9,12-13,16H2,1-4H3,(H,27,29)(H,28,31). The third-order valence-corrected chi connectivity index (χ3v) is 5.33. The Morgan fingerprint density at radius 3 is 2.41 bits per heavy atom. The maximum atomic E-state index is 11.8. The minimum absolute atomic E-state index is 0.0581. The fraction of sp³-hybridized carbons (Fsp3) is 0.400. The summed E-state index contributed by atoms with van der Waals surface area (Å²) >= 11 is 0. The summed E-state index contributed by atoms with van der Waals surface area (Å²) in [5.74, 6) is 1.69. The van der Waals surface area contributed by atoms with Crippen molar-refractivity contribution in [2.45, 2.75) is 39.3 Å². The van der Waals surface area contributed by atoms with Crippen LogP contribution in [0.4, 0.5) is 10.6 Å². The number of nitrogens with zero attached hydrogens (tertiary/aromatic N) is 2. The maximum absolute atomic E-state index is 11.8. The van der Waals surface area contributed by atoms with Crippen LogP contribution in [0.1, 0.15) is 38.3 Å². The minimum Gasteiger partial charge on any atom is -0.493 e. The van der Waals surface area contributed by atoms with E-state index in [-0.39, 0.29) is 12.6 Å². The Hall–Kier alpha value is -3.75. The number of alkyl carbamates (subject to hydrolysis) is 1. The van der Waals surface area contributed by atoms with Crippen molar-refractivity contribution in [3.8, 4) is 11.5 Å². The molecule has 0 unspecified atom stereocenters. The molecule has 2 aromatic carbocycles. The third kappa shape index (κ3) is 6.18. The van der Waals surface area contributed by atoms with Gasteiger partial charge in [-0.15, -0.1) is 0 Å². The first-order chi connectivity index (χ1) is 16.4. The lowest BCUT2D eigenvalue weighted by atomic mass is 10.2. The first kappa shape index (κ1) is 24.9. The van der Waals surface area contributed by atoms with E-state index < -0.39 is 6.09 Å². The number of carbonyl (C=O) groups excluding carboxylic acids is 1. The van der Waals surface area contributed by atoms with Crippen molar-refractivity contribution in [3.63, 3.8) is 0 Å². The number of nitrogens with one attached hydrogen (secondary N) is 3. The predicted octanol–water partition coefficient (Wildman–Crippen LogP) is 4.23. The van der Waals surface area contributed by atoms with Gasteiger partial charge in [-0.3, -0.25) is 5.41 Å². The summed E-state index contributed by atoms with van der Waals surface area (Å²) in [7, 11) is 3.18.